The minimum absolute atomic E-state index is 0.0320. The molecule has 0 saturated carbocycles. The number of rotatable bonds is 1. The first-order valence-corrected chi connectivity index (χ1v) is 5.86. The van der Waals surface area contributed by atoms with E-state index in [1.165, 1.54) is 6.07 Å². The Morgan fingerprint density at radius 3 is 2.68 bits per heavy atom. The molecule has 0 bridgehead atoms. The Hall–Kier alpha value is -1.92. The van der Waals surface area contributed by atoms with Crippen molar-refractivity contribution in [1.82, 2.24) is 5.32 Å². The van der Waals surface area contributed by atoms with Crippen LogP contribution in [-0.2, 0) is 11.0 Å². The van der Waals surface area contributed by atoms with E-state index in [4.69, 9.17) is 5.73 Å². The van der Waals surface area contributed by atoms with Gasteiger partial charge in [-0.2, -0.15) is 13.2 Å². The molecule has 0 aromatic heterocycles. The van der Waals surface area contributed by atoms with Gasteiger partial charge in [0.05, 0.1) is 23.5 Å². The van der Waals surface area contributed by atoms with E-state index in [0.717, 1.165) is 18.6 Å². The number of alkyl halides is 3. The summed E-state index contributed by atoms with van der Waals surface area (Å²) in [5, 5.41) is 2.70. The SMILES string of the molecule is Nc1cc(C(F)(F)F)ccc1N1CCCNC(=O)C1. The van der Waals surface area contributed by atoms with E-state index >= 15 is 0 Å². The van der Waals surface area contributed by atoms with E-state index in [1.54, 1.807) is 4.90 Å². The van der Waals surface area contributed by atoms with Crippen LogP contribution in [0.1, 0.15) is 12.0 Å². The maximum Gasteiger partial charge on any atom is 0.416 e. The van der Waals surface area contributed by atoms with Crippen LogP contribution >= 0.6 is 0 Å². The minimum Gasteiger partial charge on any atom is -0.397 e. The summed E-state index contributed by atoms with van der Waals surface area (Å²) in [5.74, 6) is -0.156. The number of benzene rings is 1. The highest BCUT2D eigenvalue weighted by atomic mass is 19.4. The second kappa shape index (κ2) is 4.99. The van der Waals surface area contributed by atoms with Gasteiger partial charge in [0, 0.05) is 13.1 Å². The van der Waals surface area contributed by atoms with Crippen LogP contribution in [0, 0.1) is 0 Å². The maximum atomic E-state index is 12.5. The lowest BCUT2D eigenvalue weighted by Gasteiger charge is -2.23. The normalized spacial score (nSPS) is 17.0. The zero-order valence-electron chi connectivity index (χ0n) is 10.1. The highest BCUT2D eigenvalue weighted by molar-refractivity contribution is 5.83. The Morgan fingerprint density at radius 1 is 1.32 bits per heavy atom. The maximum absolute atomic E-state index is 12.5. The van der Waals surface area contributed by atoms with Crippen molar-refractivity contribution < 1.29 is 18.0 Å². The van der Waals surface area contributed by atoms with E-state index in [-0.39, 0.29) is 18.1 Å². The third kappa shape index (κ3) is 3.10. The summed E-state index contributed by atoms with van der Waals surface area (Å²) in [6.07, 6.45) is -3.69. The molecule has 1 aromatic rings. The predicted molar refractivity (Wildman–Crippen MR) is 65.7 cm³/mol. The Balaban J connectivity index is 2.27. The Labute approximate surface area is 108 Å². The van der Waals surface area contributed by atoms with Gasteiger partial charge in [-0.15, -0.1) is 0 Å². The number of amides is 1. The van der Waals surface area contributed by atoms with Crippen molar-refractivity contribution in [2.75, 3.05) is 30.3 Å². The second-order valence-corrected chi connectivity index (χ2v) is 4.40. The molecule has 0 radical (unpaired) electrons. The molecule has 1 aliphatic heterocycles. The molecule has 1 aliphatic rings. The number of hydrogen-bond acceptors (Lipinski definition) is 3. The van der Waals surface area contributed by atoms with Crippen molar-refractivity contribution in [1.29, 1.82) is 0 Å². The van der Waals surface area contributed by atoms with Crippen molar-refractivity contribution >= 4 is 17.3 Å². The van der Waals surface area contributed by atoms with Crippen molar-refractivity contribution in [3.63, 3.8) is 0 Å². The molecular formula is C12H14F3N3O. The summed E-state index contributed by atoms with van der Waals surface area (Å²) in [4.78, 5) is 13.1. The molecule has 19 heavy (non-hydrogen) atoms. The predicted octanol–water partition coefficient (Wildman–Crippen LogP) is 1.61. The summed E-state index contributed by atoms with van der Waals surface area (Å²) in [7, 11) is 0. The van der Waals surface area contributed by atoms with Crippen molar-refractivity contribution in [2.24, 2.45) is 0 Å². The van der Waals surface area contributed by atoms with Gasteiger partial charge >= 0.3 is 6.18 Å². The van der Waals surface area contributed by atoms with Crippen molar-refractivity contribution in [3.8, 4) is 0 Å². The molecular weight excluding hydrogens is 259 g/mol. The van der Waals surface area contributed by atoms with Crippen LogP contribution in [0.25, 0.3) is 0 Å². The van der Waals surface area contributed by atoms with Crippen LogP contribution in [0.4, 0.5) is 24.5 Å². The molecule has 2 rings (SSSR count). The van der Waals surface area contributed by atoms with Gasteiger partial charge in [-0.25, -0.2) is 0 Å². The van der Waals surface area contributed by atoms with Crippen LogP contribution in [0.3, 0.4) is 0 Å². The van der Waals surface area contributed by atoms with Crippen molar-refractivity contribution in [3.05, 3.63) is 23.8 Å². The molecule has 0 unspecified atom stereocenters. The fraction of sp³-hybridized carbons (Fsp3) is 0.417. The Kier molecular flexibility index (Phi) is 3.55. The number of anilines is 2. The van der Waals surface area contributed by atoms with Gasteiger partial charge < -0.3 is 16.0 Å². The minimum atomic E-state index is -4.41. The Morgan fingerprint density at radius 2 is 2.05 bits per heavy atom. The summed E-state index contributed by atoms with van der Waals surface area (Å²) >= 11 is 0. The van der Waals surface area contributed by atoms with Gasteiger partial charge in [-0.05, 0) is 24.6 Å². The number of nitrogen functional groups attached to an aromatic ring is 1. The zero-order valence-corrected chi connectivity index (χ0v) is 10.1. The van der Waals surface area contributed by atoms with Gasteiger partial charge in [0.2, 0.25) is 5.91 Å². The summed E-state index contributed by atoms with van der Waals surface area (Å²) in [6.45, 7) is 1.25. The number of carbonyl (C=O) groups excluding carboxylic acids is 1. The summed E-state index contributed by atoms with van der Waals surface area (Å²) in [5.41, 5.74) is 5.38. The number of halogens is 3. The molecule has 0 atom stereocenters. The van der Waals surface area contributed by atoms with Crippen LogP contribution in [0.2, 0.25) is 0 Å². The quantitative estimate of drug-likeness (QED) is 0.764. The Bertz CT molecular complexity index is 488. The van der Waals surface area contributed by atoms with E-state index in [9.17, 15) is 18.0 Å². The van der Waals surface area contributed by atoms with Crippen molar-refractivity contribution in [2.45, 2.75) is 12.6 Å². The highest BCUT2D eigenvalue weighted by Crippen LogP contribution is 2.34. The number of carbonyl (C=O) groups is 1. The fourth-order valence-corrected chi connectivity index (χ4v) is 2.03. The summed E-state index contributed by atoms with van der Waals surface area (Å²) in [6, 6.07) is 3.20. The third-order valence-electron chi connectivity index (χ3n) is 2.96. The molecule has 3 N–H and O–H groups in total. The molecule has 104 valence electrons. The average Bonchev–Trinajstić information content (AvgIpc) is 2.52. The number of hydrogen-bond donors (Lipinski definition) is 2. The number of nitrogens with zero attached hydrogens (tertiary/aromatic N) is 1. The van der Waals surface area contributed by atoms with Gasteiger partial charge in [0.1, 0.15) is 0 Å². The smallest absolute Gasteiger partial charge is 0.397 e. The van der Waals surface area contributed by atoms with Crippen LogP contribution in [-0.4, -0.2) is 25.5 Å². The lowest BCUT2D eigenvalue weighted by atomic mass is 10.1. The number of nitrogens with one attached hydrogen (secondary N) is 1. The van der Waals surface area contributed by atoms with Crippen LogP contribution < -0.4 is 16.0 Å². The molecule has 1 saturated heterocycles. The molecule has 4 nitrogen and oxygen atoms in total. The van der Waals surface area contributed by atoms with E-state index in [2.05, 4.69) is 5.32 Å². The van der Waals surface area contributed by atoms with E-state index in [0.29, 0.717) is 18.8 Å². The van der Waals surface area contributed by atoms with Crippen LogP contribution in [0.5, 0.6) is 0 Å². The fourth-order valence-electron chi connectivity index (χ4n) is 2.03. The zero-order chi connectivity index (χ0) is 14.0. The van der Waals surface area contributed by atoms with Gasteiger partial charge in [0.25, 0.3) is 0 Å². The largest absolute Gasteiger partial charge is 0.416 e. The molecule has 7 heteroatoms. The molecule has 1 fully saturated rings. The van der Waals surface area contributed by atoms with Gasteiger partial charge in [-0.3, -0.25) is 4.79 Å². The molecule has 1 heterocycles. The third-order valence-corrected chi connectivity index (χ3v) is 2.96. The summed E-state index contributed by atoms with van der Waals surface area (Å²) < 4.78 is 37.6. The second-order valence-electron chi connectivity index (χ2n) is 4.40. The monoisotopic (exact) mass is 273 g/mol. The lowest BCUT2D eigenvalue weighted by Crippen LogP contribution is -2.33. The van der Waals surface area contributed by atoms with Crippen LogP contribution in [0.15, 0.2) is 18.2 Å². The molecule has 0 aliphatic carbocycles. The van der Waals surface area contributed by atoms with E-state index < -0.39 is 11.7 Å². The molecule has 1 aromatic carbocycles. The first-order chi connectivity index (χ1) is 8.88. The lowest BCUT2D eigenvalue weighted by molar-refractivity contribution is -0.137. The van der Waals surface area contributed by atoms with E-state index in [1.807, 2.05) is 0 Å². The van der Waals surface area contributed by atoms with Gasteiger partial charge in [-0.1, -0.05) is 0 Å². The highest BCUT2D eigenvalue weighted by Gasteiger charge is 2.31. The standard InChI is InChI=1S/C12H14F3N3O/c13-12(14,15)8-2-3-10(9(16)6-8)18-5-1-4-17-11(19)7-18/h2-3,6H,1,4-5,7,16H2,(H,17,19). The number of nitrogens with two attached hydrogens (primary N) is 1. The molecule has 0 spiro atoms. The first kappa shape index (κ1) is 13.5. The first-order valence-electron chi connectivity index (χ1n) is 5.86. The molecule has 1 amide bonds. The average molecular weight is 273 g/mol. The topological polar surface area (TPSA) is 58.4 Å². The van der Waals surface area contributed by atoms with Gasteiger partial charge in [0.15, 0.2) is 0 Å².